The Kier molecular flexibility index (Phi) is 8.01. The van der Waals surface area contributed by atoms with Crippen molar-refractivity contribution in [3.05, 3.63) is 36.0 Å². The third-order valence-electron chi connectivity index (χ3n) is 4.83. The SMILES string of the molecule is CC(C=CC(=O)N(C(C)C)C(C)C)OC(=O)C=CC1=CCCC2(C1)OCCO2. The minimum absolute atomic E-state index is 0.0855. The number of rotatable bonds is 7. The summed E-state index contributed by atoms with van der Waals surface area (Å²) in [6, 6.07) is 0.218. The van der Waals surface area contributed by atoms with Crippen molar-refractivity contribution in [2.75, 3.05) is 13.2 Å². The van der Waals surface area contributed by atoms with E-state index in [0.717, 1.165) is 18.4 Å². The summed E-state index contributed by atoms with van der Waals surface area (Å²) in [5, 5.41) is 0. The number of nitrogens with zero attached hydrogens (tertiary/aromatic N) is 1. The fourth-order valence-electron chi connectivity index (χ4n) is 3.67. The van der Waals surface area contributed by atoms with E-state index in [1.165, 1.54) is 12.2 Å². The van der Waals surface area contributed by atoms with Crippen LogP contribution in [0.2, 0.25) is 0 Å². The molecule has 28 heavy (non-hydrogen) atoms. The van der Waals surface area contributed by atoms with Crippen LogP contribution in [0.5, 0.6) is 0 Å². The van der Waals surface area contributed by atoms with Crippen molar-refractivity contribution >= 4 is 11.9 Å². The monoisotopic (exact) mass is 391 g/mol. The highest BCUT2D eigenvalue weighted by Gasteiger charge is 2.38. The molecule has 1 aliphatic carbocycles. The van der Waals surface area contributed by atoms with Crippen LogP contribution in [0, 0.1) is 0 Å². The predicted molar refractivity (Wildman–Crippen MR) is 108 cm³/mol. The molecule has 156 valence electrons. The van der Waals surface area contributed by atoms with Gasteiger partial charge in [0.05, 0.1) is 13.2 Å². The lowest BCUT2D eigenvalue weighted by Gasteiger charge is -2.30. The van der Waals surface area contributed by atoms with Crippen LogP contribution in [0.4, 0.5) is 0 Å². The van der Waals surface area contributed by atoms with Gasteiger partial charge in [-0.05, 0) is 52.7 Å². The molecule has 1 atom stereocenters. The number of allylic oxidation sites excluding steroid dienone is 2. The maximum atomic E-state index is 12.3. The Morgan fingerprint density at radius 3 is 2.36 bits per heavy atom. The van der Waals surface area contributed by atoms with Gasteiger partial charge in [-0.25, -0.2) is 4.79 Å². The summed E-state index contributed by atoms with van der Waals surface area (Å²) < 4.78 is 16.8. The molecule has 0 aromatic rings. The van der Waals surface area contributed by atoms with Crippen LogP contribution in [0.15, 0.2) is 36.0 Å². The normalized spacial score (nSPS) is 20.3. The van der Waals surface area contributed by atoms with Gasteiger partial charge in [0.2, 0.25) is 5.91 Å². The van der Waals surface area contributed by atoms with E-state index in [9.17, 15) is 9.59 Å². The van der Waals surface area contributed by atoms with Crippen molar-refractivity contribution in [2.45, 2.75) is 77.9 Å². The molecule has 6 nitrogen and oxygen atoms in total. The molecular weight excluding hydrogens is 358 g/mol. The van der Waals surface area contributed by atoms with Crippen LogP contribution in [0.25, 0.3) is 0 Å². The van der Waals surface area contributed by atoms with Crippen molar-refractivity contribution in [3.8, 4) is 0 Å². The van der Waals surface area contributed by atoms with E-state index in [2.05, 4.69) is 6.08 Å². The van der Waals surface area contributed by atoms with Crippen LogP contribution in [-0.4, -0.2) is 54.0 Å². The van der Waals surface area contributed by atoms with Gasteiger partial charge >= 0.3 is 5.97 Å². The molecule has 2 aliphatic rings. The molecular formula is C22H33NO5. The molecule has 1 aliphatic heterocycles. The molecule has 2 rings (SSSR count). The van der Waals surface area contributed by atoms with Gasteiger partial charge in [-0.2, -0.15) is 0 Å². The van der Waals surface area contributed by atoms with Gasteiger partial charge in [0.1, 0.15) is 6.10 Å². The maximum absolute atomic E-state index is 12.3. The highest BCUT2D eigenvalue weighted by Crippen LogP contribution is 2.36. The Labute approximate surface area is 168 Å². The summed E-state index contributed by atoms with van der Waals surface area (Å²) in [4.78, 5) is 26.2. The van der Waals surface area contributed by atoms with Crippen molar-refractivity contribution < 1.29 is 23.8 Å². The molecule has 0 radical (unpaired) electrons. The second-order valence-corrected chi connectivity index (χ2v) is 7.87. The lowest BCUT2D eigenvalue weighted by molar-refractivity contribution is -0.162. The van der Waals surface area contributed by atoms with Crippen LogP contribution in [-0.2, 0) is 23.8 Å². The van der Waals surface area contributed by atoms with Crippen LogP contribution >= 0.6 is 0 Å². The average molecular weight is 392 g/mol. The largest absolute Gasteiger partial charge is 0.455 e. The summed E-state index contributed by atoms with van der Waals surface area (Å²) in [5.41, 5.74) is 1.01. The molecule has 6 heteroatoms. The van der Waals surface area contributed by atoms with Crippen molar-refractivity contribution in [3.63, 3.8) is 0 Å². The average Bonchev–Trinajstić information content (AvgIpc) is 3.05. The highest BCUT2D eigenvalue weighted by molar-refractivity contribution is 5.88. The summed E-state index contributed by atoms with van der Waals surface area (Å²) in [6.45, 7) is 10.9. The first-order valence-corrected chi connectivity index (χ1v) is 10.1. The lowest BCUT2D eigenvalue weighted by atomic mass is 9.93. The first-order chi connectivity index (χ1) is 13.2. The number of amides is 1. The molecule has 0 aromatic carbocycles. The van der Waals surface area contributed by atoms with Gasteiger partial charge in [-0.3, -0.25) is 4.79 Å². The Morgan fingerprint density at radius 2 is 1.75 bits per heavy atom. The van der Waals surface area contributed by atoms with Gasteiger partial charge in [0.25, 0.3) is 0 Å². The van der Waals surface area contributed by atoms with E-state index in [-0.39, 0.29) is 18.0 Å². The number of carbonyl (C=O) groups is 2. The number of hydrogen-bond donors (Lipinski definition) is 0. The van der Waals surface area contributed by atoms with E-state index in [1.807, 2.05) is 27.7 Å². The Bertz CT molecular complexity index is 633. The number of esters is 1. The Morgan fingerprint density at radius 1 is 1.11 bits per heavy atom. The van der Waals surface area contributed by atoms with E-state index < -0.39 is 17.9 Å². The molecule has 1 saturated heterocycles. The zero-order valence-electron chi connectivity index (χ0n) is 17.6. The fraction of sp³-hybridized carbons (Fsp3) is 0.636. The number of hydrogen-bond acceptors (Lipinski definition) is 5. The third-order valence-corrected chi connectivity index (χ3v) is 4.83. The molecule has 0 aromatic heterocycles. The molecule has 0 bridgehead atoms. The van der Waals surface area contributed by atoms with E-state index in [4.69, 9.17) is 14.2 Å². The summed E-state index contributed by atoms with van der Waals surface area (Å²) in [6.07, 6.45) is 10.2. The second kappa shape index (κ2) is 10.0. The standard InChI is InChI=1S/C22H33NO5/c1-16(2)23(17(3)4)20(24)10-8-18(5)28-21(25)11-9-19-7-6-12-22(15-19)26-13-14-27-22/h7-11,16-18H,6,12-15H2,1-5H3. The first-order valence-electron chi connectivity index (χ1n) is 10.1. The van der Waals surface area contributed by atoms with Crippen LogP contribution in [0.1, 0.15) is 53.9 Å². The predicted octanol–water partition coefficient (Wildman–Crippen LogP) is 3.53. The van der Waals surface area contributed by atoms with Crippen LogP contribution in [0.3, 0.4) is 0 Å². The minimum Gasteiger partial charge on any atom is -0.455 e. The fourth-order valence-corrected chi connectivity index (χ4v) is 3.67. The molecule has 1 amide bonds. The maximum Gasteiger partial charge on any atom is 0.331 e. The second-order valence-electron chi connectivity index (χ2n) is 7.87. The first kappa shape index (κ1) is 22.4. The number of ether oxygens (including phenoxy) is 3. The van der Waals surface area contributed by atoms with Gasteiger partial charge in [0, 0.05) is 37.1 Å². The molecule has 1 spiro atoms. The lowest BCUT2D eigenvalue weighted by Crippen LogP contribution is -2.41. The van der Waals surface area contributed by atoms with Gasteiger partial charge in [-0.15, -0.1) is 0 Å². The Hall–Kier alpha value is -1.92. The van der Waals surface area contributed by atoms with Gasteiger partial charge in [0.15, 0.2) is 5.79 Å². The highest BCUT2D eigenvalue weighted by atomic mass is 16.7. The molecule has 0 saturated carbocycles. The van der Waals surface area contributed by atoms with E-state index >= 15 is 0 Å². The van der Waals surface area contributed by atoms with Crippen molar-refractivity contribution in [1.82, 2.24) is 4.90 Å². The van der Waals surface area contributed by atoms with Crippen LogP contribution < -0.4 is 0 Å². The third kappa shape index (κ3) is 6.31. The molecule has 1 fully saturated rings. The van der Waals surface area contributed by atoms with Gasteiger partial charge in [-0.1, -0.05) is 12.2 Å². The quantitative estimate of drug-likeness (QED) is 0.491. The topological polar surface area (TPSA) is 65.1 Å². The zero-order valence-corrected chi connectivity index (χ0v) is 17.6. The van der Waals surface area contributed by atoms with E-state index in [1.54, 1.807) is 24.0 Å². The smallest absolute Gasteiger partial charge is 0.331 e. The molecule has 1 heterocycles. The summed E-state index contributed by atoms with van der Waals surface area (Å²) >= 11 is 0. The minimum atomic E-state index is -0.520. The number of carbonyl (C=O) groups excluding carboxylic acids is 2. The van der Waals surface area contributed by atoms with Gasteiger partial charge < -0.3 is 19.1 Å². The zero-order chi connectivity index (χ0) is 20.7. The van der Waals surface area contributed by atoms with Crippen molar-refractivity contribution in [2.24, 2.45) is 0 Å². The molecule has 1 unspecified atom stereocenters. The van der Waals surface area contributed by atoms with E-state index in [0.29, 0.717) is 19.6 Å². The summed E-state index contributed by atoms with van der Waals surface area (Å²) in [7, 11) is 0. The Balaban J connectivity index is 1.84. The summed E-state index contributed by atoms with van der Waals surface area (Å²) in [5.74, 6) is -1.05. The van der Waals surface area contributed by atoms with Crippen molar-refractivity contribution in [1.29, 1.82) is 0 Å². The molecule has 0 N–H and O–H groups in total.